The summed E-state index contributed by atoms with van der Waals surface area (Å²) in [5, 5.41) is 0.808. The summed E-state index contributed by atoms with van der Waals surface area (Å²) in [5.41, 5.74) is 6.85. The lowest BCUT2D eigenvalue weighted by atomic mass is 10.0. The number of halogens is 1. The zero-order valence-electron chi connectivity index (χ0n) is 18.8. The highest BCUT2D eigenvalue weighted by Gasteiger charge is 2.21. The largest absolute Gasteiger partial charge is 0.309 e. The van der Waals surface area contributed by atoms with Crippen molar-refractivity contribution in [1.29, 1.82) is 0 Å². The fourth-order valence-electron chi connectivity index (χ4n) is 3.60. The molecule has 0 N–H and O–H groups in total. The number of aromatic nitrogens is 1. The fourth-order valence-corrected chi connectivity index (χ4v) is 4.66. The highest BCUT2D eigenvalue weighted by molar-refractivity contribution is 7.22. The van der Waals surface area contributed by atoms with Crippen LogP contribution in [0.15, 0.2) is 30.3 Å². The number of benzene rings is 2. The van der Waals surface area contributed by atoms with Gasteiger partial charge in [0.15, 0.2) is 5.13 Å². The van der Waals surface area contributed by atoms with Crippen LogP contribution in [0.5, 0.6) is 0 Å². The van der Waals surface area contributed by atoms with E-state index in [0.717, 1.165) is 34.7 Å². The van der Waals surface area contributed by atoms with Gasteiger partial charge < -0.3 is 4.90 Å². The van der Waals surface area contributed by atoms with Crippen LogP contribution in [0.2, 0.25) is 0 Å². The molecule has 0 aliphatic heterocycles. The van der Waals surface area contributed by atoms with Crippen molar-refractivity contribution in [1.82, 2.24) is 9.88 Å². The summed E-state index contributed by atoms with van der Waals surface area (Å²) < 4.78 is 1.17. The molecule has 3 rings (SSSR count). The molecule has 0 radical (unpaired) electrons. The molecule has 6 heteroatoms. The van der Waals surface area contributed by atoms with E-state index in [1.165, 1.54) is 21.4 Å². The van der Waals surface area contributed by atoms with Gasteiger partial charge in [-0.3, -0.25) is 9.69 Å². The monoisotopic (exact) mass is 445 g/mol. The van der Waals surface area contributed by atoms with Gasteiger partial charge in [-0.2, -0.15) is 0 Å². The summed E-state index contributed by atoms with van der Waals surface area (Å²) in [4.78, 5) is 22.3. The first-order chi connectivity index (χ1) is 13.7. The Kier molecular flexibility index (Phi) is 8.42. The van der Waals surface area contributed by atoms with E-state index in [0.29, 0.717) is 13.0 Å². The molecule has 0 fully saturated rings. The summed E-state index contributed by atoms with van der Waals surface area (Å²) in [6.07, 6.45) is 1.32. The minimum absolute atomic E-state index is 0. The number of rotatable bonds is 7. The van der Waals surface area contributed by atoms with E-state index in [4.69, 9.17) is 4.98 Å². The molecule has 0 aliphatic carbocycles. The van der Waals surface area contributed by atoms with Gasteiger partial charge in [0.25, 0.3) is 0 Å². The maximum atomic E-state index is 13.4. The zero-order chi connectivity index (χ0) is 21.1. The summed E-state index contributed by atoms with van der Waals surface area (Å²) in [6.45, 7) is 9.97. The Morgan fingerprint density at radius 3 is 2.40 bits per heavy atom. The second kappa shape index (κ2) is 10.4. The molecule has 0 saturated carbocycles. The number of carbonyl (C=O) groups is 1. The van der Waals surface area contributed by atoms with E-state index in [-0.39, 0.29) is 18.3 Å². The van der Waals surface area contributed by atoms with Crippen molar-refractivity contribution in [2.45, 2.75) is 40.5 Å². The van der Waals surface area contributed by atoms with Crippen molar-refractivity contribution in [2.75, 3.05) is 32.1 Å². The van der Waals surface area contributed by atoms with Gasteiger partial charge in [0.2, 0.25) is 5.91 Å². The second-order valence-corrected chi connectivity index (χ2v) is 9.21. The SMILES string of the molecule is Cc1ccc(C)c(CC(=O)N(CCCN(C)C)c2nc3cc(C)cc(C)c3s2)c1.Cl. The van der Waals surface area contributed by atoms with Crippen LogP contribution < -0.4 is 4.90 Å². The molecule has 30 heavy (non-hydrogen) atoms. The molecule has 3 aromatic rings. The van der Waals surface area contributed by atoms with Crippen LogP contribution in [-0.4, -0.2) is 43.0 Å². The Morgan fingerprint density at radius 1 is 0.967 bits per heavy atom. The average Bonchev–Trinajstić information content (AvgIpc) is 3.05. The number of fused-ring (bicyclic) bond motifs is 1. The number of hydrogen-bond acceptors (Lipinski definition) is 4. The number of amides is 1. The molecule has 1 amide bonds. The van der Waals surface area contributed by atoms with Crippen LogP contribution >= 0.6 is 23.7 Å². The highest BCUT2D eigenvalue weighted by atomic mass is 35.5. The summed E-state index contributed by atoms with van der Waals surface area (Å²) in [5.74, 6) is 0.117. The first-order valence-electron chi connectivity index (χ1n) is 10.1. The van der Waals surface area contributed by atoms with E-state index in [9.17, 15) is 4.79 Å². The van der Waals surface area contributed by atoms with Crippen LogP contribution in [0, 0.1) is 27.7 Å². The van der Waals surface area contributed by atoms with Crippen LogP contribution in [0.25, 0.3) is 10.2 Å². The maximum Gasteiger partial charge on any atom is 0.233 e. The highest BCUT2D eigenvalue weighted by Crippen LogP contribution is 2.32. The summed E-state index contributed by atoms with van der Waals surface area (Å²) in [6, 6.07) is 10.6. The van der Waals surface area contributed by atoms with E-state index < -0.39 is 0 Å². The normalized spacial score (nSPS) is 11.0. The molecule has 0 spiro atoms. The minimum Gasteiger partial charge on any atom is -0.309 e. The smallest absolute Gasteiger partial charge is 0.233 e. The molecular weight excluding hydrogens is 414 g/mol. The van der Waals surface area contributed by atoms with Crippen molar-refractivity contribution >= 4 is 45.0 Å². The van der Waals surface area contributed by atoms with Crippen LogP contribution in [-0.2, 0) is 11.2 Å². The molecule has 1 aromatic heterocycles. The first-order valence-corrected chi connectivity index (χ1v) is 11.0. The number of nitrogens with zero attached hydrogens (tertiary/aromatic N) is 3. The lowest BCUT2D eigenvalue weighted by Crippen LogP contribution is -2.34. The number of hydrogen-bond donors (Lipinski definition) is 0. The second-order valence-electron chi connectivity index (χ2n) is 8.24. The molecule has 0 atom stereocenters. The van der Waals surface area contributed by atoms with E-state index in [1.807, 2.05) is 4.90 Å². The number of carbonyl (C=O) groups excluding carboxylic acids is 1. The van der Waals surface area contributed by atoms with Crippen molar-refractivity contribution in [3.63, 3.8) is 0 Å². The average molecular weight is 446 g/mol. The van der Waals surface area contributed by atoms with Crippen molar-refractivity contribution in [3.8, 4) is 0 Å². The third kappa shape index (κ3) is 5.81. The van der Waals surface area contributed by atoms with Crippen LogP contribution in [0.4, 0.5) is 5.13 Å². The molecule has 1 heterocycles. The fraction of sp³-hybridized carbons (Fsp3) is 0.417. The molecular formula is C24H32ClN3OS. The van der Waals surface area contributed by atoms with Gasteiger partial charge in [0, 0.05) is 6.54 Å². The molecule has 0 aliphatic rings. The first kappa shape index (κ1) is 24.3. The predicted molar refractivity (Wildman–Crippen MR) is 131 cm³/mol. The molecule has 0 bridgehead atoms. The third-order valence-electron chi connectivity index (χ3n) is 5.17. The Balaban J connectivity index is 0.00000320. The van der Waals surface area contributed by atoms with Gasteiger partial charge in [0.1, 0.15) is 0 Å². The van der Waals surface area contributed by atoms with E-state index >= 15 is 0 Å². The number of thiazole rings is 1. The summed E-state index contributed by atoms with van der Waals surface area (Å²) >= 11 is 1.63. The number of anilines is 1. The molecule has 162 valence electrons. The Morgan fingerprint density at radius 2 is 1.70 bits per heavy atom. The summed E-state index contributed by atoms with van der Waals surface area (Å²) in [7, 11) is 4.12. The van der Waals surface area contributed by atoms with Crippen molar-refractivity contribution < 1.29 is 4.79 Å². The molecule has 0 saturated heterocycles. The Bertz CT molecular complexity index is 1030. The minimum atomic E-state index is 0. The third-order valence-corrected chi connectivity index (χ3v) is 6.40. The molecule has 2 aromatic carbocycles. The topological polar surface area (TPSA) is 36.4 Å². The van der Waals surface area contributed by atoms with Gasteiger partial charge in [-0.25, -0.2) is 4.98 Å². The predicted octanol–water partition coefficient (Wildman–Crippen LogP) is 5.48. The van der Waals surface area contributed by atoms with Gasteiger partial charge >= 0.3 is 0 Å². The van der Waals surface area contributed by atoms with Crippen LogP contribution in [0.3, 0.4) is 0 Å². The van der Waals surface area contributed by atoms with Crippen molar-refractivity contribution in [3.05, 3.63) is 58.1 Å². The molecule has 0 unspecified atom stereocenters. The van der Waals surface area contributed by atoms with Crippen molar-refractivity contribution in [2.24, 2.45) is 0 Å². The number of aryl methyl sites for hydroxylation is 4. The maximum absolute atomic E-state index is 13.4. The van der Waals surface area contributed by atoms with Gasteiger partial charge in [0.05, 0.1) is 16.6 Å². The lowest BCUT2D eigenvalue weighted by Gasteiger charge is -2.21. The quantitative estimate of drug-likeness (QED) is 0.483. The van der Waals surface area contributed by atoms with Gasteiger partial charge in [-0.05, 0) is 83.1 Å². The Hall–Kier alpha value is -1.95. The Labute approximate surface area is 190 Å². The lowest BCUT2D eigenvalue weighted by molar-refractivity contribution is -0.118. The van der Waals surface area contributed by atoms with Crippen LogP contribution in [0.1, 0.15) is 34.2 Å². The van der Waals surface area contributed by atoms with Gasteiger partial charge in [-0.15, -0.1) is 12.4 Å². The molecule has 4 nitrogen and oxygen atoms in total. The van der Waals surface area contributed by atoms with E-state index in [2.05, 4.69) is 77.0 Å². The standard InChI is InChI=1S/C24H31N3OS.ClH/c1-16-8-9-18(3)20(13-16)15-22(28)27(11-7-10-26(5)6)24-25-21-14-17(2)12-19(4)23(21)29-24;/h8-9,12-14H,7,10-11,15H2,1-6H3;1H. The van der Waals surface area contributed by atoms with Gasteiger partial charge in [-0.1, -0.05) is 41.2 Å². The van der Waals surface area contributed by atoms with E-state index in [1.54, 1.807) is 11.3 Å². The zero-order valence-corrected chi connectivity index (χ0v) is 20.4.